The van der Waals surface area contributed by atoms with E-state index in [4.69, 9.17) is 21.1 Å². The van der Waals surface area contributed by atoms with Crippen LogP contribution in [-0.4, -0.2) is 82.5 Å². The molecule has 198 valence electrons. The van der Waals surface area contributed by atoms with E-state index in [0.29, 0.717) is 44.3 Å². The van der Waals surface area contributed by atoms with Crippen molar-refractivity contribution in [1.82, 2.24) is 24.7 Å². The van der Waals surface area contributed by atoms with E-state index in [1.165, 1.54) is 23.6 Å². The number of rotatable bonds is 6. The highest BCUT2D eigenvalue weighted by atomic mass is 16.5. The predicted octanol–water partition coefficient (Wildman–Crippen LogP) is 2.79. The van der Waals surface area contributed by atoms with E-state index in [9.17, 15) is 4.79 Å². The molecule has 0 N–H and O–H groups in total. The molecule has 4 aliphatic rings. The second-order valence-corrected chi connectivity index (χ2v) is 10.9. The number of ether oxygens (including phenoxy) is 1. The van der Waals surface area contributed by atoms with Crippen molar-refractivity contribution in [2.45, 2.75) is 56.9 Å². The zero-order chi connectivity index (χ0) is 26.2. The third-order valence-electron chi connectivity index (χ3n) is 8.71. The molecule has 2 aromatic rings. The summed E-state index contributed by atoms with van der Waals surface area (Å²) >= 11 is 0. The molecule has 1 amide bonds. The average Bonchev–Trinajstić information content (AvgIpc) is 3.68. The van der Waals surface area contributed by atoms with E-state index in [-0.39, 0.29) is 11.9 Å². The summed E-state index contributed by atoms with van der Waals surface area (Å²) in [5, 5.41) is 0. The first-order chi connectivity index (χ1) is 18.6. The van der Waals surface area contributed by atoms with Gasteiger partial charge in [0.15, 0.2) is 0 Å². The molecule has 2 fully saturated rings. The third-order valence-corrected chi connectivity index (χ3v) is 8.71. The summed E-state index contributed by atoms with van der Waals surface area (Å²) in [5.41, 5.74) is 5.02. The van der Waals surface area contributed by atoms with Crippen LogP contribution < -0.4 is 9.64 Å². The van der Waals surface area contributed by atoms with Crippen molar-refractivity contribution in [3.05, 3.63) is 59.3 Å². The first kappa shape index (κ1) is 24.9. The van der Waals surface area contributed by atoms with Crippen molar-refractivity contribution in [2.75, 3.05) is 44.7 Å². The molecule has 38 heavy (non-hydrogen) atoms. The zero-order valence-electron chi connectivity index (χ0n) is 22.2. The van der Waals surface area contributed by atoms with Gasteiger partial charge in [-0.1, -0.05) is 36.8 Å². The van der Waals surface area contributed by atoms with E-state index in [2.05, 4.69) is 58.5 Å². The lowest BCUT2D eigenvalue weighted by Gasteiger charge is -2.40. The highest BCUT2D eigenvalue weighted by Gasteiger charge is 2.37. The summed E-state index contributed by atoms with van der Waals surface area (Å²) in [5.74, 6) is 3.67. The first-order valence-corrected chi connectivity index (χ1v) is 13.7. The number of hydrogen-bond acceptors (Lipinski definition) is 7. The Morgan fingerprint density at radius 3 is 2.87 bits per heavy atom. The Morgan fingerprint density at radius 1 is 1.21 bits per heavy atom. The lowest BCUT2D eigenvalue weighted by atomic mass is 10.1. The van der Waals surface area contributed by atoms with Gasteiger partial charge in [-0.15, -0.1) is 6.42 Å². The number of likely N-dealkylation sites (N-methyl/N-ethyl adjacent to an activating group) is 1. The summed E-state index contributed by atoms with van der Waals surface area (Å²) < 4.78 is 6.24. The summed E-state index contributed by atoms with van der Waals surface area (Å²) in [4.78, 5) is 31.0. The molecule has 0 saturated carbocycles. The number of benzene rings is 1. The standard InChI is InChI=1S/C30H36N6O2/c1-4-22-17-34(28(37)5-2)15-16-36(22)29-25-18-35(27-13-12-21-9-6-7-11-24(21)27)19-26(25)31-30(32-29)38-20-23-10-8-14-33(23)3/h1,5-7,9,11,22-23,27H,2,8,10,12-20H2,3H3/t22-,23-,27?/m0/s1. The number of likely N-dealkylation sites (tertiary alicyclic amines) is 1. The van der Waals surface area contributed by atoms with Crippen LogP contribution in [0.3, 0.4) is 0 Å². The van der Waals surface area contributed by atoms with Crippen molar-refractivity contribution in [3.8, 4) is 18.4 Å². The number of anilines is 1. The maximum absolute atomic E-state index is 12.3. The number of aryl methyl sites for hydroxylation is 1. The SMILES string of the molecule is C#C[C@H]1CN(C(=O)C=C)CCN1c1nc(OC[C@@H]2CCCN2C)nc2c1CN(C1CCc3ccccc31)C2. The molecule has 3 aliphatic heterocycles. The minimum atomic E-state index is -0.276. The summed E-state index contributed by atoms with van der Waals surface area (Å²) in [6.45, 7) is 8.48. The van der Waals surface area contributed by atoms with Gasteiger partial charge in [0.2, 0.25) is 5.91 Å². The van der Waals surface area contributed by atoms with E-state index in [1.807, 2.05) is 0 Å². The summed E-state index contributed by atoms with van der Waals surface area (Å²) in [6, 6.07) is 9.68. The molecule has 0 bridgehead atoms. The van der Waals surface area contributed by atoms with Crippen molar-refractivity contribution in [2.24, 2.45) is 0 Å². The second-order valence-electron chi connectivity index (χ2n) is 10.9. The highest BCUT2D eigenvalue weighted by molar-refractivity contribution is 5.87. The van der Waals surface area contributed by atoms with Gasteiger partial charge in [0.05, 0.1) is 12.2 Å². The molecule has 0 spiro atoms. The molecular formula is C30H36N6O2. The number of nitrogens with zero attached hydrogens (tertiary/aromatic N) is 6. The number of amides is 1. The van der Waals surface area contributed by atoms with E-state index < -0.39 is 0 Å². The van der Waals surface area contributed by atoms with Crippen molar-refractivity contribution < 1.29 is 9.53 Å². The fourth-order valence-corrected chi connectivity index (χ4v) is 6.54. The molecule has 1 aliphatic carbocycles. The zero-order valence-corrected chi connectivity index (χ0v) is 22.2. The molecule has 1 aromatic carbocycles. The topological polar surface area (TPSA) is 65.0 Å². The van der Waals surface area contributed by atoms with Crippen molar-refractivity contribution >= 4 is 11.7 Å². The van der Waals surface area contributed by atoms with Gasteiger partial charge in [0.25, 0.3) is 0 Å². The molecule has 8 nitrogen and oxygen atoms in total. The molecule has 3 atom stereocenters. The lowest BCUT2D eigenvalue weighted by molar-refractivity contribution is -0.126. The minimum absolute atomic E-state index is 0.0893. The van der Waals surface area contributed by atoms with Gasteiger partial charge in [-0.25, -0.2) is 0 Å². The van der Waals surface area contributed by atoms with Gasteiger partial charge in [-0.3, -0.25) is 9.69 Å². The van der Waals surface area contributed by atoms with Gasteiger partial charge >= 0.3 is 6.01 Å². The smallest absolute Gasteiger partial charge is 0.318 e. The molecule has 4 heterocycles. The minimum Gasteiger partial charge on any atom is -0.462 e. The van der Waals surface area contributed by atoms with Gasteiger partial charge < -0.3 is 19.4 Å². The number of hydrogen-bond donors (Lipinski definition) is 0. The molecule has 1 unspecified atom stereocenters. The maximum atomic E-state index is 12.3. The van der Waals surface area contributed by atoms with Gasteiger partial charge in [0.1, 0.15) is 18.5 Å². The fourth-order valence-electron chi connectivity index (χ4n) is 6.54. The highest BCUT2D eigenvalue weighted by Crippen LogP contribution is 2.42. The van der Waals surface area contributed by atoms with Crippen LogP contribution in [0.15, 0.2) is 36.9 Å². The first-order valence-electron chi connectivity index (χ1n) is 13.7. The Labute approximate surface area is 225 Å². The molecule has 0 radical (unpaired) electrons. The molecule has 1 aromatic heterocycles. The van der Waals surface area contributed by atoms with Gasteiger partial charge in [-0.2, -0.15) is 9.97 Å². The van der Waals surface area contributed by atoms with Crippen LogP contribution in [-0.2, 0) is 24.3 Å². The van der Waals surface area contributed by atoms with E-state index in [1.54, 1.807) is 4.90 Å². The molecule has 2 saturated heterocycles. The Balaban J connectivity index is 1.30. The van der Waals surface area contributed by atoms with Crippen LogP contribution in [0.2, 0.25) is 0 Å². The van der Waals surface area contributed by atoms with E-state index >= 15 is 0 Å². The predicted molar refractivity (Wildman–Crippen MR) is 147 cm³/mol. The van der Waals surface area contributed by atoms with E-state index in [0.717, 1.165) is 56.0 Å². The monoisotopic (exact) mass is 512 g/mol. The van der Waals surface area contributed by atoms with Gasteiger partial charge in [0, 0.05) is 43.8 Å². The number of carbonyl (C=O) groups is 1. The number of carbonyl (C=O) groups excluding carboxylic acids is 1. The average molecular weight is 513 g/mol. The quantitative estimate of drug-likeness (QED) is 0.436. The molecule has 6 rings (SSSR count). The molecule has 8 heteroatoms. The Kier molecular flexibility index (Phi) is 6.81. The molecular weight excluding hydrogens is 476 g/mol. The number of fused-ring (bicyclic) bond motifs is 2. The Morgan fingerprint density at radius 2 is 2.08 bits per heavy atom. The second kappa shape index (κ2) is 10.4. The van der Waals surface area contributed by atoms with Crippen LogP contribution in [0.5, 0.6) is 6.01 Å². The number of piperazine rings is 1. The largest absolute Gasteiger partial charge is 0.462 e. The summed E-state index contributed by atoms with van der Waals surface area (Å²) in [7, 11) is 2.15. The fraction of sp³-hybridized carbons (Fsp3) is 0.500. The van der Waals surface area contributed by atoms with Crippen LogP contribution in [0.25, 0.3) is 0 Å². The van der Waals surface area contributed by atoms with Crippen molar-refractivity contribution in [1.29, 1.82) is 0 Å². The maximum Gasteiger partial charge on any atom is 0.318 e. The van der Waals surface area contributed by atoms with Crippen LogP contribution in [0, 0.1) is 12.3 Å². The summed E-state index contributed by atoms with van der Waals surface area (Å²) in [6.07, 6.45) is 11.9. The lowest BCUT2D eigenvalue weighted by Crippen LogP contribution is -2.54. The van der Waals surface area contributed by atoms with Crippen LogP contribution in [0.4, 0.5) is 5.82 Å². The Bertz CT molecular complexity index is 1270. The van der Waals surface area contributed by atoms with Gasteiger partial charge in [-0.05, 0) is 56.5 Å². The number of terminal acetylenes is 1. The number of aromatic nitrogens is 2. The Hall–Kier alpha value is -3.41. The van der Waals surface area contributed by atoms with Crippen molar-refractivity contribution in [3.63, 3.8) is 0 Å². The normalized spacial score (nSPS) is 25.2. The van der Waals surface area contributed by atoms with Crippen LogP contribution >= 0.6 is 0 Å². The van der Waals surface area contributed by atoms with Crippen LogP contribution in [0.1, 0.15) is 47.7 Å². The third kappa shape index (κ3) is 4.55.